The summed E-state index contributed by atoms with van der Waals surface area (Å²) < 4.78 is 12.2. The zero-order valence-electron chi connectivity index (χ0n) is 15.3. The van der Waals surface area contributed by atoms with Crippen LogP contribution in [-0.4, -0.2) is 23.3 Å². The summed E-state index contributed by atoms with van der Waals surface area (Å²) in [5.74, 6) is 0. The highest BCUT2D eigenvalue weighted by molar-refractivity contribution is 6.64. The molecule has 0 spiro atoms. The van der Waals surface area contributed by atoms with Gasteiger partial charge < -0.3 is 14.3 Å². The normalized spacial score (nSPS) is 18.3. The Balaban J connectivity index is 0.000000561. The molecule has 122 valence electrons. The van der Waals surface area contributed by atoms with E-state index in [2.05, 4.69) is 50.9 Å². The van der Waals surface area contributed by atoms with E-state index >= 15 is 0 Å². The summed E-state index contributed by atoms with van der Waals surface area (Å²) >= 11 is 0. The molecule has 0 saturated carbocycles. The third kappa shape index (κ3) is 3.39. The van der Waals surface area contributed by atoms with Crippen LogP contribution in [0.3, 0.4) is 0 Å². The van der Waals surface area contributed by atoms with Crippen LogP contribution in [-0.2, 0) is 9.31 Å². The maximum atomic E-state index is 6.09. The summed E-state index contributed by atoms with van der Waals surface area (Å²) in [6.07, 6.45) is 1.94. The van der Waals surface area contributed by atoms with Gasteiger partial charge in [-0.25, -0.2) is 0 Å². The lowest BCUT2D eigenvalue weighted by atomic mass is 9.78. The Kier molecular flexibility index (Phi) is 6.27. The first-order valence-electron chi connectivity index (χ1n) is 8.32. The van der Waals surface area contributed by atoms with Crippen LogP contribution in [0.1, 0.15) is 55.4 Å². The molecule has 2 heterocycles. The smallest absolute Gasteiger partial charge is 0.399 e. The van der Waals surface area contributed by atoms with Gasteiger partial charge in [-0.3, -0.25) is 0 Å². The topological polar surface area (TPSA) is 34.2 Å². The van der Waals surface area contributed by atoms with Gasteiger partial charge in [0.2, 0.25) is 0 Å². The minimum absolute atomic E-state index is 0.299. The third-order valence-electron chi connectivity index (χ3n) is 4.13. The molecule has 1 fully saturated rings. The van der Waals surface area contributed by atoms with Crippen LogP contribution in [0.4, 0.5) is 0 Å². The molecule has 1 N–H and O–H groups in total. The molecule has 0 bridgehead atoms. The van der Waals surface area contributed by atoms with Crippen LogP contribution in [0.2, 0.25) is 0 Å². The summed E-state index contributed by atoms with van der Waals surface area (Å²) in [5, 5.41) is 1.18. The maximum absolute atomic E-state index is 6.09. The molecule has 0 radical (unpaired) electrons. The van der Waals surface area contributed by atoms with Crippen molar-refractivity contribution in [1.29, 1.82) is 0 Å². The van der Waals surface area contributed by atoms with Crippen molar-refractivity contribution < 1.29 is 9.31 Å². The van der Waals surface area contributed by atoms with Gasteiger partial charge in [-0.15, -0.1) is 0 Å². The van der Waals surface area contributed by atoms with Crippen molar-refractivity contribution in [2.24, 2.45) is 0 Å². The van der Waals surface area contributed by atoms with E-state index < -0.39 is 0 Å². The Morgan fingerprint density at radius 3 is 1.95 bits per heavy atom. The van der Waals surface area contributed by atoms with Crippen molar-refractivity contribution in [2.75, 3.05) is 0 Å². The number of rotatable bonds is 1. The summed E-state index contributed by atoms with van der Waals surface area (Å²) in [6.45, 7) is 16.3. The van der Waals surface area contributed by atoms with E-state index in [1.165, 1.54) is 5.39 Å². The largest absolute Gasteiger partial charge is 0.497 e. The molecule has 1 aromatic carbocycles. The van der Waals surface area contributed by atoms with Crippen LogP contribution >= 0.6 is 0 Å². The molecule has 1 aromatic heterocycles. The van der Waals surface area contributed by atoms with E-state index in [0.29, 0.717) is 0 Å². The zero-order valence-corrected chi connectivity index (χ0v) is 15.3. The van der Waals surface area contributed by atoms with Gasteiger partial charge in [-0.05, 0) is 39.1 Å². The average Bonchev–Trinajstić information content (AvgIpc) is 3.05. The van der Waals surface area contributed by atoms with E-state index in [1.807, 2.05) is 40.0 Å². The maximum Gasteiger partial charge on any atom is 0.497 e. The Hall–Kier alpha value is -1.26. The van der Waals surface area contributed by atoms with Crippen molar-refractivity contribution >= 4 is 23.5 Å². The first kappa shape index (κ1) is 18.8. The molecule has 0 atom stereocenters. The lowest BCUT2D eigenvalue weighted by Crippen LogP contribution is -2.41. The highest BCUT2D eigenvalue weighted by atomic mass is 16.7. The molecule has 0 amide bonds. The second kappa shape index (κ2) is 7.34. The summed E-state index contributed by atoms with van der Waals surface area (Å²) in [5.41, 5.74) is 1.56. The fraction of sp³-hybridized carbons (Fsp3) is 0.556. The second-order valence-electron chi connectivity index (χ2n) is 5.88. The van der Waals surface area contributed by atoms with E-state index in [-0.39, 0.29) is 18.3 Å². The van der Waals surface area contributed by atoms with Crippen LogP contribution in [0.25, 0.3) is 10.9 Å². The van der Waals surface area contributed by atoms with E-state index in [4.69, 9.17) is 9.31 Å². The van der Waals surface area contributed by atoms with Crippen molar-refractivity contribution in [3.05, 3.63) is 30.5 Å². The predicted molar refractivity (Wildman–Crippen MR) is 96.7 cm³/mol. The number of hydrogen-bond donors (Lipinski definition) is 1. The number of nitrogens with one attached hydrogen (secondary N) is 1. The van der Waals surface area contributed by atoms with Gasteiger partial charge >= 0.3 is 7.12 Å². The fourth-order valence-corrected chi connectivity index (χ4v) is 2.28. The van der Waals surface area contributed by atoms with Crippen molar-refractivity contribution in [3.63, 3.8) is 0 Å². The van der Waals surface area contributed by atoms with Gasteiger partial charge in [0.25, 0.3) is 0 Å². The quantitative estimate of drug-likeness (QED) is 0.786. The monoisotopic (exact) mass is 303 g/mol. The fourth-order valence-electron chi connectivity index (χ4n) is 2.28. The molecule has 1 saturated heterocycles. The first-order valence-corrected chi connectivity index (χ1v) is 8.32. The van der Waals surface area contributed by atoms with Crippen LogP contribution in [0.15, 0.2) is 30.5 Å². The molecule has 0 aliphatic carbocycles. The average molecular weight is 303 g/mol. The molecular weight excluding hydrogens is 273 g/mol. The van der Waals surface area contributed by atoms with Crippen LogP contribution in [0, 0.1) is 0 Å². The minimum Gasteiger partial charge on any atom is -0.399 e. The number of aromatic nitrogens is 1. The molecule has 22 heavy (non-hydrogen) atoms. The second-order valence-corrected chi connectivity index (χ2v) is 5.88. The SMILES string of the molecule is CC.CC.CC1(C)OB(c2cccc3cc[nH]c23)OC1(C)C. The number of H-pyrrole nitrogens is 1. The number of fused-ring (bicyclic) bond motifs is 1. The molecule has 1 aliphatic rings. The molecule has 0 unspecified atom stereocenters. The zero-order chi connectivity index (χ0) is 17.0. The predicted octanol–water partition coefficient (Wildman–Crippen LogP) is 4.52. The van der Waals surface area contributed by atoms with Gasteiger partial charge in [0.15, 0.2) is 0 Å². The molecule has 1 aliphatic heterocycles. The highest BCUT2D eigenvalue weighted by Crippen LogP contribution is 2.36. The van der Waals surface area contributed by atoms with Gasteiger partial charge in [-0.2, -0.15) is 0 Å². The summed E-state index contributed by atoms with van der Waals surface area (Å²) in [7, 11) is -0.308. The lowest BCUT2D eigenvalue weighted by molar-refractivity contribution is 0.00578. The minimum atomic E-state index is -0.308. The number of aromatic amines is 1. The molecule has 4 heteroatoms. The Bertz CT molecular complexity index is 574. The first-order chi connectivity index (χ1) is 10.4. The highest BCUT2D eigenvalue weighted by Gasteiger charge is 2.52. The Morgan fingerprint density at radius 2 is 1.41 bits per heavy atom. The molecule has 2 aromatic rings. The number of benzene rings is 1. The Morgan fingerprint density at radius 1 is 0.864 bits per heavy atom. The molecule has 3 rings (SSSR count). The molecular formula is C18H30BNO2. The Labute approximate surface area is 135 Å². The van der Waals surface area contributed by atoms with Gasteiger partial charge in [0.1, 0.15) is 0 Å². The van der Waals surface area contributed by atoms with Crippen molar-refractivity contribution in [2.45, 2.75) is 66.6 Å². The van der Waals surface area contributed by atoms with E-state index in [1.54, 1.807) is 0 Å². The van der Waals surface area contributed by atoms with Gasteiger partial charge in [0.05, 0.1) is 11.2 Å². The standard InChI is InChI=1S/C14H18BNO2.2C2H6/c1-13(2)14(3,4)18-15(17-13)11-7-5-6-10-8-9-16-12(10)11;2*1-2/h5-9,16H,1-4H3;2*1-2H3. The van der Waals surface area contributed by atoms with E-state index in [0.717, 1.165) is 11.0 Å². The molecule has 3 nitrogen and oxygen atoms in total. The third-order valence-corrected chi connectivity index (χ3v) is 4.13. The lowest BCUT2D eigenvalue weighted by Gasteiger charge is -2.32. The number of para-hydroxylation sites is 1. The van der Waals surface area contributed by atoms with Crippen molar-refractivity contribution in [3.8, 4) is 0 Å². The van der Waals surface area contributed by atoms with Crippen molar-refractivity contribution in [1.82, 2.24) is 4.98 Å². The summed E-state index contributed by atoms with van der Waals surface area (Å²) in [4.78, 5) is 3.26. The van der Waals surface area contributed by atoms with Crippen LogP contribution in [0.5, 0.6) is 0 Å². The van der Waals surface area contributed by atoms with E-state index in [9.17, 15) is 0 Å². The summed E-state index contributed by atoms with van der Waals surface area (Å²) in [6, 6.07) is 8.24. The van der Waals surface area contributed by atoms with Crippen LogP contribution < -0.4 is 5.46 Å². The van der Waals surface area contributed by atoms with Gasteiger partial charge in [-0.1, -0.05) is 45.9 Å². The number of hydrogen-bond acceptors (Lipinski definition) is 2. The van der Waals surface area contributed by atoms with Gasteiger partial charge in [0, 0.05) is 17.2 Å².